The van der Waals surface area contributed by atoms with Gasteiger partial charge in [0.05, 0.1) is 10.6 Å². The fraction of sp³-hybridized carbons (Fsp3) is 0.263. The molecule has 0 aliphatic carbocycles. The molecule has 0 aromatic heterocycles. The summed E-state index contributed by atoms with van der Waals surface area (Å²) in [5, 5.41) is 0.0128. The molecule has 2 aromatic carbocycles. The second kappa shape index (κ2) is 9.12. The molecule has 0 aliphatic heterocycles. The van der Waals surface area contributed by atoms with Gasteiger partial charge in [-0.1, -0.05) is 55.8 Å². The van der Waals surface area contributed by atoms with Crippen LogP contribution in [0.1, 0.15) is 34.6 Å². The second-order valence-electron chi connectivity index (χ2n) is 5.60. The van der Waals surface area contributed by atoms with E-state index < -0.39 is 22.6 Å². The van der Waals surface area contributed by atoms with E-state index in [1.54, 1.807) is 44.2 Å². The number of rotatable bonds is 8. The lowest BCUT2D eigenvalue weighted by Crippen LogP contribution is -2.31. The number of esters is 1. The van der Waals surface area contributed by atoms with Gasteiger partial charge in [0.15, 0.2) is 12.4 Å². The highest BCUT2D eigenvalue weighted by Gasteiger charge is 2.26. The monoisotopic (exact) mass is 409 g/mol. The van der Waals surface area contributed by atoms with E-state index in [1.807, 2.05) is 0 Å². The highest BCUT2D eigenvalue weighted by Crippen LogP contribution is 2.26. The first-order valence-corrected chi connectivity index (χ1v) is 10.2. The van der Waals surface area contributed by atoms with Gasteiger partial charge in [-0.05, 0) is 18.2 Å². The highest BCUT2D eigenvalue weighted by molar-refractivity contribution is 7.89. The molecule has 0 amide bonds. The molecular formula is C19H20ClNO5S. The SMILES string of the molecule is CCN(CC)S(=O)(=O)c1cc(C(=O)OCC(=O)c2ccccc2)ccc1Cl. The van der Waals surface area contributed by atoms with Gasteiger partial charge in [-0.3, -0.25) is 4.79 Å². The van der Waals surface area contributed by atoms with E-state index in [4.69, 9.17) is 16.3 Å². The molecule has 6 nitrogen and oxygen atoms in total. The maximum atomic E-state index is 12.7. The molecule has 0 fully saturated rings. The average molecular weight is 410 g/mol. The van der Waals surface area contributed by atoms with Gasteiger partial charge in [0.2, 0.25) is 10.0 Å². The Balaban J connectivity index is 2.19. The van der Waals surface area contributed by atoms with Crippen molar-refractivity contribution in [2.24, 2.45) is 0 Å². The van der Waals surface area contributed by atoms with Crippen molar-refractivity contribution in [3.63, 3.8) is 0 Å². The number of ketones is 1. The van der Waals surface area contributed by atoms with E-state index in [-0.39, 0.29) is 34.4 Å². The van der Waals surface area contributed by atoms with Gasteiger partial charge in [0, 0.05) is 18.7 Å². The van der Waals surface area contributed by atoms with Crippen molar-refractivity contribution >= 4 is 33.4 Å². The Hall–Kier alpha value is -2.22. The molecule has 0 aliphatic rings. The van der Waals surface area contributed by atoms with Gasteiger partial charge >= 0.3 is 5.97 Å². The van der Waals surface area contributed by atoms with Gasteiger partial charge < -0.3 is 4.74 Å². The van der Waals surface area contributed by atoms with E-state index in [2.05, 4.69) is 0 Å². The number of carbonyl (C=O) groups excluding carboxylic acids is 2. The zero-order valence-corrected chi connectivity index (χ0v) is 16.6. The van der Waals surface area contributed by atoms with Gasteiger partial charge in [0.1, 0.15) is 4.90 Å². The molecule has 8 heteroatoms. The summed E-state index contributed by atoms with van der Waals surface area (Å²) in [6.45, 7) is 3.53. The summed E-state index contributed by atoms with van der Waals surface area (Å²) in [6, 6.07) is 12.3. The van der Waals surface area contributed by atoms with E-state index in [9.17, 15) is 18.0 Å². The van der Waals surface area contributed by atoms with Crippen LogP contribution in [0.2, 0.25) is 5.02 Å². The fourth-order valence-corrected chi connectivity index (χ4v) is 4.41. The summed E-state index contributed by atoms with van der Waals surface area (Å²) in [5.74, 6) is -1.15. The first-order chi connectivity index (χ1) is 12.8. The third-order valence-corrected chi connectivity index (χ3v) is 6.45. The molecule has 0 radical (unpaired) electrons. The number of ether oxygens (including phenoxy) is 1. The Labute approximate surface area is 163 Å². The van der Waals surface area contributed by atoms with Crippen LogP contribution in [-0.4, -0.2) is 44.2 Å². The minimum absolute atomic E-state index is 0.00555. The highest BCUT2D eigenvalue weighted by atomic mass is 35.5. The van der Waals surface area contributed by atoms with Crippen LogP contribution < -0.4 is 0 Å². The molecule has 0 unspecified atom stereocenters. The molecule has 0 saturated heterocycles. The first kappa shape index (κ1) is 21.1. The summed E-state index contributed by atoms with van der Waals surface area (Å²) in [7, 11) is -3.84. The number of Topliss-reactive ketones (excluding diaryl/α,β-unsaturated/α-hetero) is 1. The summed E-state index contributed by atoms with van der Waals surface area (Å²) in [6.07, 6.45) is 0. The Kier molecular flexibility index (Phi) is 7.12. The molecule has 27 heavy (non-hydrogen) atoms. The molecule has 0 atom stereocenters. The van der Waals surface area contributed by atoms with Crippen LogP contribution in [0, 0.1) is 0 Å². The smallest absolute Gasteiger partial charge is 0.338 e. The number of benzene rings is 2. The maximum absolute atomic E-state index is 12.7. The standard InChI is InChI=1S/C19H20ClNO5S/c1-3-21(4-2)27(24,25)18-12-15(10-11-16(18)20)19(23)26-13-17(22)14-8-6-5-7-9-14/h5-12H,3-4,13H2,1-2H3. The number of hydrogen-bond donors (Lipinski definition) is 0. The van der Waals surface area contributed by atoms with Crippen molar-refractivity contribution < 1.29 is 22.7 Å². The van der Waals surface area contributed by atoms with Crippen molar-refractivity contribution in [1.29, 1.82) is 0 Å². The minimum atomic E-state index is -3.84. The van der Waals surface area contributed by atoms with E-state index in [1.165, 1.54) is 22.5 Å². The fourth-order valence-electron chi connectivity index (χ4n) is 2.45. The zero-order chi connectivity index (χ0) is 20.0. The van der Waals surface area contributed by atoms with Gasteiger partial charge in [-0.15, -0.1) is 0 Å². The first-order valence-electron chi connectivity index (χ1n) is 8.36. The van der Waals surface area contributed by atoms with Crippen LogP contribution in [0.3, 0.4) is 0 Å². The molecular weight excluding hydrogens is 390 g/mol. The predicted octanol–water partition coefficient (Wildman–Crippen LogP) is 3.41. The van der Waals surface area contributed by atoms with E-state index in [0.717, 1.165) is 0 Å². The summed E-state index contributed by atoms with van der Waals surface area (Å²) in [4.78, 5) is 24.1. The van der Waals surface area contributed by atoms with Gasteiger partial charge in [0.25, 0.3) is 0 Å². The number of halogens is 1. The Morgan fingerprint density at radius 2 is 1.63 bits per heavy atom. The van der Waals surface area contributed by atoms with Crippen molar-refractivity contribution in [2.45, 2.75) is 18.7 Å². The second-order valence-corrected chi connectivity index (χ2v) is 7.91. The van der Waals surface area contributed by atoms with Crippen LogP contribution in [0.5, 0.6) is 0 Å². The molecule has 2 rings (SSSR count). The van der Waals surface area contributed by atoms with Gasteiger partial charge in [-0.2, -0.15) is 4.31 Å². The van der Waals surface area contributed by atoms with Crippen LogP contribution >= 0.6 is 11.6 Å². The average Bonchev–Trinajstić information content (AvgIpc) is 2.67. The number of hydrogen-bond acceptors (Lipinski definition) is 5. The Morgan fingerprint density at radius 1 is 1.00 bits per heavy atom. The lowest BCUT2D eigenvalue weighted by atomic mass is 10.1. The van der Waals surface area contributed by atoms with Crippen molar-refractivity contribution in [1.82, 2.24) is 4.31 Å². The summed E-state index contributed by atoms with van der Waals surface area (Å²) < 4.78 is 31.6. The van der Waals surface area contributed by atoms with Crippen LogP contribution in [0.25, 0.3) is 0 Å². The topological polar surface area (TPSA) is 80.8 Å². The van der Waals surface area contributed by atoms with E-state index >= 15 is 0 Å². The van der Waals surface area contributed by atoms with Crippen LogP contribution in [-0.2, 0) is 14.8 Å². The molecule has 0 heterocycles. The van der Waals surface area contributed by atoms with Crippen LogP contribution in [0.4, 0.5) is 0 Å². The van der Waals surface area contributed by atoms with Crippen molar-refractivity contribution in [3.05, 3.63) is 64.7 Å². The normalized spacial score (nSPS) is 11.4. The van der Waals surface area contributed by atoms with Crippen LogP contribution in [0.15, 0.2) is 53.4 Å². The quantitative estimate of drug-likeness (QED) is 0.493. The Morgan fingerprint density at radius 3 is 2.22 bits per heavy atom. The number of nitrogens with zero attached hydrogens (tertiary/aromatic N) is 1. The maximum Gasteiger partial charge on any atom is 0.338 e. The molecule has 2 aromatic rings. The molecule has 0 bridgehead atoms. The minimum Gasteiger partial charge on any atom is -0.454 e. The van der Waals surface area contributed by atoms with Gasteiger partial charge in [-0.25, -0.2) is 13.2 Å². The zero-order valence-electron chi connectivity index (χ0n) is 15.0. The summed E-state index contributed by atoms with van der Waals surface area (Å²) in [5.41, 5.74) is 0.428. The molecule has 0 N–H and O–H groups in total. The molecule has 0 spiro atoms. The van der Waals surface area contributed by atoms with E-state index in [0.29, 0.717) is 5.56 Å². The third-order valence-electron chi connectivity index (χ3n) is 3.92. The molecule has 0 saturated carbocycles. The largest absolute Gasteiger partial charge is 0.454 e. The lowest BCUT2D eigenvalue weighted by Gasteiger charge is -2.19. The summed E-state index contributed by atoms with van der Waals surface area (Å²) >= 11 is 6.04. The number of sulfonamides is 1. The van der Waals surface area contributed by atoms with Crippen molar-refractivity contribution in [3.8, 4) is 0 Å². The Bertz CT molecular complexity index is 924. The molecule has 144 valence electrons. The van der Waals surface area contributed by atoms with Crippen molar-refractivity contribution in [2.75, 3.05) is 19.7 Å². The third kappa shape index (κ3) is 4.94. The predicted molar refractivity (Wildman–Crippen MR) is 103 cm³/mol. The number of carbonyl (C=O) groups is 2. The lowest BCUT2D eigenvalue weighted by molar-refractivity contribution is 0.0474.